The van der Waals surface area contributed by atoms with E-state index >= 15 is 0 Å². The van der Waals surface area contributed by atoms with Crippen LogP contribution in [-0.4, -0.2) is 30.8 Å². The zero-order valence-electron chi connectivity index (χ0n) is 11.0. The van der Waals surface area contributed by atoms with Crippen LogP contribution in [-0.2, 0) is 16.6 Å². The number of benzene rings is 1. The van der Waals surface area contributed by atoms with E-state index in [0.717, 1.165) is 4.31 Å². The molecule has 0 unspecified atom stereocenters. The minimum absolute atomic E-state index is 0.00187. The van der Waals surface area contributed by atoms with Gasteiger partial charge in [-0.3, -0.25) is 0 Å². The number of halogens is 1. The summed E-state index contributed by atoms with van der Waals surface area (Å²) in [7, 11) is -2.56. The smallest absolute Gasteiger partial charge is 0.337 e. The number of hydrogen-bond acceptors (Lipinski definition) is 4. The van der Waals surface area contributed by atoms with Gasteiger partial charge in [0.1, 0.15) is 5.76 Å². The number of carboxylic acid groups (broad SMARTS) is 1. The Morgan fingerprint density at radius 3 is 2.52 bits per heavy atom. The van der Waals surface area contributed by atoms with Crippen molar-refractivity contribution in [2.24, 2.45) is 0 Å². The van der Waals surface area contributed by atoms with Gasteiger partial charge in [0, 0.05) is 7.05 Å². The quantitative estimate of drug-likeness (QED) is 0.869. The lowest BCUT2D eigenvalue weighted by Crippen LogP contribution is -2.27. The van der Waals surface area contributed by atoms with E-state index in [9.17, 15) is 13.2 Å². The highest BCUT2D eigenvalue weighted by molar-refractivity contribution is 9.10. The molecule has 112 valence electrons. The van der Waals surface area contributed by atoms with Gasteiger partial charge in [0.2, 0.25) is 10.0 Å². The molecule has 0 radical (unpaired) electrons. The predicted molar refractivity (Wildman–Crippen MR) is 78.5 cm³/mol. The van der Waals surface area contributed by atoms with Crippen molar-refractivity contribution < 1.29 is 22.7 Å². The van der Waals surface area contributed by atoms with Gasteiger partial charge in [-0.25, -0.2) is 13.2 Å². The van der Waals surface area contributed by atoms with Crippen molar-refractivity contribution in [2.45, 2.75) is 11.4 Å². The number of sulfonamides is 1. The van der Waals surface area contributed by atoms with Gasteiger partial charge in [0.15, 0.2) is 4.67 Å². The van der Waals surface area contributed by atoms with Crippen LogP contribution in [0.15, 0.2) is 50.4 Å². The number of carboxylic acids is 1. The van der Waals surface area contributed by atoms with E-state index in [1.807, 2.05) is 0 Å². The SMILES string of the molecule is CN(Cc1ccc(Br)o1)S(=O)(=O)c1ccccc1C(=O)O. The van der Waals surface area contributed by atoms with Crippen LogP contribution in [0, 0.1) is 0 Å². The third-order valence-electron chi connectivity index (χ3n) is 2.81. The Labute approximate surface area is 130 Å². The summed E-state index contributed by atoms with van der Waals surface area (Å²) >= 11 is 3.14. The average molecular weight is 374 g/mol. The molecule has 0 atom stereocenters. The Morgan fingerprint density at radius 2 is 1.95 bits per heavy atom. The minimum Gasteiger partial charge on any atom is -0.478 e. The number of hydrogen-bond donors (Lipinski definition) is 1. The summed E-state index contributed by atoms with van der Waals surface area (Å²) in [5.41, 5.74) is -0.259. The van der Waals surface area contributed by atoms with Crippen molar-refractivity contribution in [1.82, 2.24) is 4.31 Å². The lowest BCUT2D eigenvalue weighted by atomic mass is 10.2. The fourth-order valence-corrected chi connectivity index (χ4v) is 3.43. The molecule has 0 spiro atoms. The summed E-state index contributed by atoms with van der Waals surface area (Å²) < 4.78 is 31.7. The first-order valence-electron chi connectivity index (χ1n) is 5.85. The van der Waals surface area contributed by atoms with Gasteiger partial charge >= 0.3 is 5.97 Å². The zero-order chi connectivity index (χ0) is 15.6. The molecule has 0 amide bonds. The maximum Gasteiger partial charge on any atom is 0.337 e. The Bertz CT molecular complexity index is 768. The Balaban J connectivity index is 2.35. The summed E-state index contributed by atoms with van der Waals surface area (Å²) in [5.74, 6) is -0.843. The molecule has 0 bridgehead atoms. The van der Waals surface area contributed by atoms with Crippen LogP contribution >= 0.6 is 15.9 Å². The molecular formula is C13H12BrNO5S. The van der Waals surface area contributed by atoms with Crippen LogP contribution in [0.25, 0.3) is 0 Å². The standard InChI is InChI=1S/C13H12BrNO5S/c1-15(8-9-6-7-12(14)20-9)21(18,19)11-5-3-2-4-10(11)13(16)17/h2-7H,8H2,1H3,(H,16,17). The highest BCUT2D eigenvalue weighted by atomic mass is 79.9. The molecule has 0 fully saturated rings. The van der Waals surface area contributed by atoms with E-state index in [-0.39, 0.29) is 17.0 Å². The number of nitrogens with zero attached hydrogens (tertiary/aromatic N) is 1. The number of aromatic carboxylic acids is 1. The van der Waals surface area contributed by atoms with Crippen LogP contribution in [0.4, 0.5) is 0 Å². The number of rotatable bonds is 5. The Kier molecular flexibility index (Phi) is 4.50. The van der Waals surface area contributed by atoms with Crippen molar-refractivity contribution in [1.29, 1.82) is 0 Å². The predicted octanol–water partition coefficient (Wildman–Crippen LogP) is 2.56. The van der Waals surface area contributed by atoms with Gasteiger partial charge in [-0.15, -0.1) is 0 Å². The topological polar surface area (TPSA) is 87.8 Å². The van der Waals surface area contributed by atoms with Crippen LogP contribution in [0.5, 0.6) is 0 Å². The molecule has 0 aliphatic rings. The maximum absolute atomic E-state index is 12.5. The van der Waals surface area contributed by atoms with Crippen molar-refractivity contribution in [3.63, 3.8) is 0 Å². The van der Waals surface area contributed by atoms with E-state index in [0.29, 0.717) is 10.4 Å². The molecule has 1 aromatic carbocycles. The third-order valence-corrected chi connectivity index (χ3v) is 5.10. The van der Waals surface area contributed by atoms with Crippen LogP contribution < -0.4 is 0 Å². The lowest BCUT2D eigenvalue weighted by molar-refractivity contribution is 0.0692. The summed E-state index contributed by atoms with van der Waals surface area (Å²) in [5, 5.41) is 9.10. The van der Waals surface area contributed by atoms with Gasteiger partial charge in [-0.05, 0) is 40.2 Å². The van der Waals surface area contributed by atoms with Crippen LogP contribution in [0.2, 0.25) is 0 Å². The molecular weight excluding hydrogens is 362 g/mol. The van der Waals surface area contributed by atoms with Gasteiger partial charge in [0.25, 0.3) is 0 Å². The normalized spacial score (nSPS) is 11.8. The van der Waals surface area contributed by atoms with Crippen LogP contribution in [0.3, 0.4) is 0 Å². The fraction of sp³-hybridized carbons (Fsp3) is 0.154. The van der Waals surface area contributed by atoms with Crippen molar-refractivity contribution in [2.75, 3.05) is 7.05 Å². The first kappa shape index (κ1) is 15.7. The molecule has 0 saturated heterocycles. The van der Waals surface area contributed by atoms with Crippen molar-refractivity contribution >= 4 is 31.9 Å². The monoisotopic (exact) mass is 373 g/mol. The Morgan fingerprint density at radius 1 is 1.29 bits per heavy atom. The van der Waals surface area contributed by atoms with E-state index < -0.39 is 16.0 Å². The molecule has 2 rings (SSSR count). The first-order valence-corrected chi connectivity index (χ1v) is 8.08. The van der Waals surface area contributed by atoms with Gasteiger partial charge in [0.05, 0.1) is 17.0 Å². The summed E-state index contributed by atoms with van der Waals surface area (Å²) in [6.07, 6.45) is 0. The molecule has 2 aromatic rings. The molecule has 1 heterocycles. The van der Waals surface area contributed by atoms with Crippen molar-refractivity contribution in [3.8, 4) is 0 Å². The molecule has 0 saturated carbocycles. The van der Waals surface area contributed by atoms with E-state index in [1.165, 1.54) is 31.3 Å². The lowest BCUT2D eigenvalue weighted by Gasteiger charge is -2.17. The molecule has 0 aliphatic carbocycles. The number of carbonyl (C=O) groups is 1. The summed E-state index contributed by atoms with van der Waals surface area (Å²) in [6, 6.07) is 8.78. The maximum atomic E-state index is 12.5. The van der Waals surface area contributed by atoms with Gasteiger partial charge in [-0.1, -0.05) is 12.1 Å². The molecule has 1 N–H and O–H groups in total. The van der Waals surface area contributed by atoms with Crippen molar-refractivity contribution in [3.05, 3.63) is 52.4 Å². The first-order chi connectivity index (χ1) is 9.82. The molecule has 1 aromatic heterocycles. The second-order valence-corrected chi connectivity index (χ2v) is 7.06. The molecule has 0 aliphatic heterocycles. The molecule has 6 nitrogen and oxygen atoms in total. The second kappa shape index (κ2) is 6.00. The zero-order valence-corrected chi connectivity index (χ0v) is 13.4. The largest absolute Gasteiger partial charge is 0.478 e. The summed E-state index contributed by atoms with van der Waals surface area (Å²) in [6.45, 7) is 0.00187. The minimum atomic E-state index is -3.93. The van der Waals surface area contributed by atoms with Gasteiger partial charge in [-0.2, -0.15) is 4.31 Å². The van der Waals surface area contributed by atoms with E-state index in [2.05, 4.69) is 15.9 Å². The Hall–Kier alpha value is -1.64. The van der Waals surface area contributed by atoms with E-state index in [1.54, 1.807) is 12.1 Å². The second-order valence-electron chi connectivity index (χ2n) is 4.27. The average Bonchev–Trinajstić information content (AvgIpc) is 2.84. The molecule has 8 heteroatoms. The molecule has 21 heavy (non-hydrogen) atoms. The van der Waals surface area contributed by atoms with Gasteiger partial charge < -0.3 is 9.52 Å². The highest BCUT2D eigenvalue weighted by Crippen LogP contribution is 2.22. The van der Waals surface area contributed by atoms with Crippen LogP contribution in [0.1, 0.15) is 16.1 Å². The highest BCUT2D eigenvalue weighted by Gasteiger charge is 2.26. The number of furan rings is 1. The van der Waals surface area contributed by atoms with E-state index in [4.69, 9.17) is 9.52 Å². The fourth-order valence-electron chi connectivity index (χ4n) is 1.78. The summed E-state index contributed by atoms with van der Waals surface area (Å²) in [4.78, 5) is 10.9. The third kappa shape index (κ3) is 3.34.